The molecule has 1 aliphatic rings. The molecular formula is C13H17F2NO. The van der Waals surface area contributed by atoms with E-state index in [4.69, 9.17) is 4.74 Å². The van der Waals surface area contributed by atoms with E-state index in [0.29, 0.717) is 19.1 Å². The zero-order valence-electron chi connectivity index (χ0n) is 9.66. The van der Waals surface area contributed by atoms with Crippen LogP contribution >= 0.6 is 0 Å². The molecule has 0 saturated heterocycles. The SMILES string of the molecule is FC(F)COCCNCC1Cc2ccccc21. The summed E-state index contributed by atoms with van der Waals surface area (Å²) in [4.78, 5) is 0. The summed E-state index contributed by atoms with van der Waals surface area (Å²) in [5.74, 6) is 0.571. The largest absolute Gasteiger partial charge is 0.374 e. The maximum absolute atomic E-state index is 11.8. The summed E-state index contributed by atoms with van der Waals surface area (Å²) in [5, 5.41) is 3.23. The Labute approximate surface area is 100.0 Å². The number of alkyl halides is 2. The third kappa shape index (κ3) is 3.48. The summed E-state index contributed by atoms with van der Waals surface area (Å²) in [6, 6.07) is 8.41. The number of hydrogen-bond donors (Lipinski definition) is 1. The molecule has 0 bridgehead atoms. The van der Waals surface area contributed by atoms with Gasteiger partial charge in [0.05, 0.1) is 6.61 Å². The van der Waals surface area contributed by atoms with Crippen molar-refractivity contribution in [3.63, 3.8) is 0 Å². The second-order valence-electron chi connectivity index (χ2n) is 4.27. The van der Waals surface area contributed by atoms with Crippen molar-refractivity contribution in [2.24, 2.45) is 0 Å². The van der Waals surface area contributed by atoms with Gasteiger partial charge in [0.1, 0.15) is 6.61 Å². The van der Waals surface area contributed by atoms with Crippen molar-refractivity contribution < 1.29 is 13.5 Å². The van der Waals surface area contributed by atoms with Crippen LogP contribution in [0.15, 0.2) is 24.3 Å². The molecule has 2 rings (SSSR count). The van der Waals surface area contributed by atoms with Crippen LogP contribution in [0.4, 0.5) is 8.78 Å². The maximum Gasteiger partial charge on any atom is 0.261 e. The van der Waals surface area contributed by atoms with Gasteiger partial charge in [-0.3, -0.25) is 0 Å². The van der Waals surface area contributed by atoms with Gasteiger partial charge in [-0.1, -0.05) is 24.3 Å². The van der Waals surface area contributed by atoms with Crippen molar-refractivity contribution in [3.8, 4) is 0 Å². The summed E-state index contributed by atoms with van der Waals surface area (Å²) < 4.78 is 28.3. The van der Waals surface area contributed by atoms with E-state index in [9.17, 15) is 8.78 Å². The first-order valence-electron chi connectivity index (χ1n) is 5.92. The van der Waals surface area contributed by atoms with Crippen molar-refractivity contribution in [1.82, 2.24) is 5.32 Å². The van der Waals surface area contributed by atoms with Crippen molar-refractivity contribution in [3.05, 3.63) is 35.4 Å². The highest BCUT2D eigenvalue weighted by Crippen LogP contribution is 2.33. The van der Waals surface area contributed by atoms with Crippen molar-refractivity contribution >= 4 is 0 Å². The molecule has 0 aliphatic heterocycles. The van der Waals surface area contributed by atoms with Gasteiger partial charge in [0.15, 0.2) is 0 Å². The molecule has 0 saturated carbocycles. The molecule has 94 valence electrons. The predicted octanol–water partition coefficient (Wildman–Crippen LogP) is 2.20. The van der Waals surface area contributed by atoms with Gasteiger partial charge in [-0.2, -0.15) is 0 Å². The Hall–Kier alpha value is -1.00. The monoisotopic (exact) mass is 241 g/mol. The number of fused-ring (bicyclic) bond motifs is 1. The van der Waals surface area contributed by atoms with Gasteiger partial charge in [-0.15, -0.1) is 0 Å². The van der Waals surface area contributed by atoms with Crippen molar-refractivity contribution in [2.75, 3.05) is 26.3 Å². The van der Waals surface area contributed by atoms with Crippen LogP contribution in [0.1, 0.15) is 17.0 Å². The van der Waals surface area contributed by atoms with E-state index in [1.807, 2.05) is 0 Å². The van der Waals surface area contributed by atoms with Crippen LogP contribution in [-0.4, -0.2) is 32.7 Å². The molecule has 1 atom stereocenters. The van der Waals surface area contributed by atoms with Gasteiger partial charge >= 0.3 is 0 Å². The van der Waals surface area contributed by atoms with Crippen LogP contribution in [0, 0.1) is 0 Å². The summed E-state index contributed by atoms with van der Waals surface area (Å²) in [6.07, 6.45) is -1.25. The van der Waals surface area contributed by atoms with Crippen molar-refractivity contribution in [2.45, 2.75) is 18.8 Å². The second-order valence-corrected chi connectivity index (χ2v) is 4.27. The Bertz CT molecular complexity index is 357. The van der Waals surface area contributed by atoms with Gasteiger partial charge in [0, 0.05) is 19.0 Å². The molecule has 0 amide bonds. The molecule has 0 radical (unpaired) electrons. The zero-order valence-corrected chi connectivity index (χ0v) is 9.66. The molecule has 1 aromatic carbocycles. The highest BCUT2D eigenvalue weighted by molar-refractivity contribution is 5.40. The molecule has 1 aliphatic carbocycles. The molecule has 0 spiro atoms. The van der Waals surface area contributed by atoms with Gasteiger partial charge in [-0.25, -0.2) is 8.78 Å². The number of hydrogen-bond acceptors (Lipinski definition) is 2. The fourth-order valence-electron chi connectivity index (χ4n) is 2.14. The van der Waals surface area contributed by atoms with Crippen LogP contribution in [0.5, 0.6) is 0 Å². The maximum atomic E-state index is 11.8. The Morgan fingerprint density at radius 3 is 2.94 bits per heavy atom. The molecule has 0 aromatic heterocycles. The topological polar surface area (TPSA) is 21.3 Å². The van der Waals surface area contributed by atoms with Gasteiger partial charge in [0.25, 0.3) is 6.43 Å². The zero-order chi connectivity index (χ0) is 12.1. The first-order chi connectivity index (χ1) is 8.27. The number of halogens is 2. The molecule has 1 aromatic rings. The summed E-state index contributed by atoms with van der Waals surface area (Å²) in [6.45, 7) is 1.41. The molecule has 4 heteroatoms. The van der Waals surface area contributed by atoms with Gasteiger partial charge < -0.3 is 10.1 Å². The highest BCUT2D eigenvalue weighted by Gasteiger charge is 2.24. The molecular weight excluding hydrogens is 224 g/mol. The molecule has 0 fully saturated rings. The third-order valence-corrected chi connectivity index (χ3v) is 3.02. The summed E-state index contributed by atoms with van der Waals surface area (Å²) >= 11 is 0. The van der Waals surface area contributed by atoms with Crippen LogP contribution in [0.25, 0.3) is 0 Å². The smallest absolute Gasteiger partial charge is 0.261 e. The second kappa shape index (κ2) is 6.07. The molecule has 2 nitrogen and oxygen atoms in total. The standard InChI is InChI=1S/C13H17F2NO/c14-13(15)9-17-6-5-16-8-11-7-10-3-1-2-4-12(10)11/h1-4,11,13,16H,5-9H2. The highest BCUT2D eigenvalue weighted by atomic mass is 19.3. The van der Waals surface area contributed by atoms with E-state index >= 15 is 0 Å². The number of rotatable bonds is 7. The molecule has 17 heavy (non-hydrogen) atoms. The Morgan fingerprint density at radius 1 is 1.35 bits per heavy atom. The predicted molar refractivity (Wildman–Crippen MR) is 62.6 cm³/mol. The Morgan fingerprint density at radius 2 is 2.18 bits per heavy atom. The minimum Gasteiger partial charge on any atom is -0.374 e. The lowest BCUT2D eigenvalue weighted by Gasteiger charge is -2.30. The fraction of sp³-hybridized carbons (Fsp3) is 0.538. The van der Waals surface area contributed by atoms with E-state index in [2.05, 4.69) is 29.6 Å². The minimum atomic E-state index is -2.37. The molecule has 1 unspecified atom stereocenters. The van der Waals surface area contributed by atoms with E-state index in [-0.39, 0.29) is 0 Å². The number of benzene rings is 1. The number of nitrogens with one attached hydrogen (secondary N) is 1. The van der Waals surface area contributed by atoms with Crippen LogP contribution < -0.4 is 5.32 Å². The van der Waals surface area contributed by atoms with E-state index in [0.717, 1.165) is 13.0 Å². The van der Waals surface area contributed by atoms with Gasteiger partial charge in [-0.05, 0) is 17.5 Å². The Kier molecular flexibility index (Phi) is 4.45. The van der Waals surface area contributed by atoms with Gasteiger partial charge in [0.2, 0.25) is 0 Å². The Balaban J connectivity index is 1.56. The normalized spacial score (nSPS) is 17.9. The fourth-order valence-corrected chi connectivity index (χ4v) is 2.14. The van der Waals surface area contributed by atoms with Crippen LogP contribution in [0.3, 0.4) is 0 Å². The minimum absolute atomic E-state index is 0.346. The average Bonchev–Trinajstić information content (AvgIpc) is 2.28. The van der Waals surface area contributed by atoms with Crippen molar-refractivity contribution in [1.29, 1.82) is 0 Å². The summed E-state index contributed by atoms with van der Waals surface area (Å²) in [5.41, 5.74) is 2.83. The quantitative estimate of drug-likeness (QED) is 0.739. The molecule has 0 heterocycles. The lowest BCUT2D eigenvalue weighted by Crippen LogP contribution is -2.31. The summed E-state index contributed by atoms with van der Waals surface area (Å²) in [7, 11) is 0. The molecule has 1 N–H and O–H groups in total. The average molecular weight is 241 g/mol. The lowest BCUT2D eigenvalue weighted by atomic mass is 9.78. The van der Waals surface area contributed by atoms with Crippen LogP contribution in [0.2, 0.25) is 0 Å². The lowest BCUT2D eigenvalue weighted by molar-refractivity contribution is 0.0187. The van der Waals surface area contributed by atoms with E-state index in [1.54, 1.807) is 0 Å². The van der Waals surface area contributed by atoms with E-state index < -0.39 is 13.0 Å². The van der Waals surface area contributed by atoms with E-state index in [1.165, 1.54) is 11.1 Å². The van der Waals surface area contributed by atoms with Crippen LogP contribution in [-0.2, 0) is 11.2 Å². The first-order valence-corrected chi connectivity index (χ1v) is 5.92. The first kappa shape index (κ1) is 12.5. The number of ether oxygens (including phenoxy) is 1. The third-order valence-electron chi connectivity index (χ3n) is 3.02.